The van der Waals surface area contributed by atoms with E-state index in [2.05, 4.69) is 24.4 Å². The average Bonchev–Trinajstić information content (AvgIpc) is 2.53. The first-order valence-electron chi connectivity index (χ1n) is 7.56. The van der Waals surface area contributed by atoms with Crippen molar-refractivity contribution in [2.75, 3.05) is 27.3 Å². The molecule has 0 saturated heterocycles. The fourth-order valence-electron chi connectivity index (χ4n) is 2.30. The van der Waals surface area contributed by atoms with E-state index >= 15 is 0 Å². The van der Waals surface area contributed by atoms with Crippen molar-refractivity contribution in [1.29, 1.82) is 0 Å². The lowest BCUT2D eigenvalue weighted by Crippen LogP contribution is -2.28. The van der Waals surface area contributed by atoms with Gasteiger partial charge in [0.25, 0.3) is 0 Å². The summed E-state index contributed by atoms with van der Waals surface area (Å²) in [5.41, 5.74) is 6.71. The van der Waals surface area contributed by atoms with E-state index in [1.807, 2.05) is 18.2 Å². The molecule has 0 aromatic heterocycles. The molecule has 0 heterocycles. The van der Waals surface area contributed by atoms with Gasteiger partial charge in [-0.3, -0.25) is 0 Å². The Morgan fingerprint density at radius 3 is 2.71 bits per heavy atom. The Bertz CT molecular complexity index is 433. The highest BCUT2D eigenvalue weighted by molar-refractivity contribution is 5.46. The standard InChI is InChI=1S/C17H28N2O2/c1-4-13-19-15(8-6-12-18)11-10-14-7-5-9-16(20-2)17(14)21-3/h5-9,15,19H,4,10-13,18H2,1-3H3. The highest BCUT2D eigenvalue weighted by Gasteiger charge is 2.11. The van der Waals surface area contributed by atoms with Gasteiger partial charge < -0.3 is 20.5 Å². The molecule has 1 aromatic carbocycles. The summed E-state index contributed by atoms with van der Waals surface area (Å²) in [6.07, 6.45) is 7.21. The molecule has 4 nitrogen and oxygen atoms in total. The first-order chi connectivity index (χ1) is 10.3. The molecule has 0 aliphatic carbocycles. The molecule has 1 aromatic rings. The molecule has 0 aliphatic rings. The lowest BCUT2D eigenvalue weighted by atomic mass is 10.0. The molecular weight excluding hydrogens is 264 g/mol. The van der Waals surface area contributed by atoms with Gasteiger partial charge in [0, 0.05) is 12.6 Å². The van der Waals surface area contributed by atoms with E-state index in [1.54, 1.807) is 14.2 Å². The SMILES string of the molecule is CCCNC(C=CCN)CCc1cccc(OC)c1OC. The lowest BCUT2D eigenvalue weighted by molar-refractivity contribution is 0.351. The summed E-state index contributed by atoms with van der Waals surface area (Å²) in [6, 6.07) is 6.35. The fraction of sp³-hybridized carbons (Fsp3) is 0.529. The Kier molecular flexibility index (Phi) is 8.55. The zero-order chi connectivity index (χ0) is 15.5. The van der Waals surface area contributed by atoms with E-state index in [9.17, 15) is 0 Å². The average molecular weight is 292 g/mol. The predicted octanol–water partition coefficient (Wildman–Crippen LogP) is 2.52. The number of nitrogens with one attached hydrogen (secondary N) is 1. The third-order valence-corrected chi connectivity index (χ3v) is 3.37. The fourth-order valence-corrected chi connectivity index (χ4v) is 2.30. The smallest absolute Gasteiger partial charge is 0.163 e. The number of methoxy groups -OCH3 is 2. The number of nitrogens with two attached hydrogens (primary N) is 1. The Hall–Kier alpha value is -1.52. The van der Waals surface area contributed by atoms with E-state index < -0.39 is 0 Å². The highest BCUT2D eigenvalue weighted by Crippen LogP contribution is 2.31. The molecule has 118 valence electrons. The van der Waals surface area contributed by atoms with E-state index in [4.69, 9.17) is 15.2 Å². The zero-order valence-corrected chi connectivity index (χ0v) is 13.4. The zero-order valence-electron chi connectivity index (χ0n) is 13.4. The number of aryl methyl sites for hydroxylation is 1. The van der Waals surface area contributed by atoms with Crippen LogP contribution in [0, 0.1) is 0 Å². The van der Waals surface area contributed by atoms with Crippen LogP contribution in [0.3, 0.4) is 0 Å². The minimum Gasteiger partial charge on any atom is -0.493 e. The molecule has 4 heteroatoms. The Morgan fingerprint density at radius 2 is 2.10 bits per heavy atom. The molecule has 3 N–H and O–H groups in total. The van der Waals surface area contributed by atoms with Crippen LogP contribution in [0.4, 0.5) is 0 Å². The molecule has 0 saturated carbocycles. The van der Waals surface area contributed by atoms with Crippen molar-refractivity contribution in [3.05, 3.63) is 35.9 Å². The maximum Gasteiger partial charge on any atom is 0.163 e. The van der Waals surface area contributed by atoms with Crippen molar-refractivity contribution >= 4 is 0 Å². The molecule has 0 bridgehead atoms. The van der Waals surface area contributed by atoms with E-state index in [1.165, 1.54) is 5.56 Å². The van der Waals surface area contributed by atoms with Gasteiger partial charge in [0.1, 0.15) is 0 Å². The quantitative estimate of drug-likeness (QED) is 0.651. The van der Waals surface area contributed by atoms with Gasteiger partial charge in [0.15, 0.2) is 11.5 Å². The van der Waals surface area contributed by atoms with Crippen LogP contribution in [-0.4, -0.2) is 33.4 Å². The van der Waals surface area contributed by atoms with Gasteiger partial charge in [-0.05, 0) is 37.4 Å². The van der Waals surface area contributed by atoms with Crippen LogP contribution in [0.15, 0.2) is 30.4 Å². The molecule has 21 heavy (non-hydrogen) atoms. The van der Waals surface area contributed by atoms with Gasteiger partial charge in [-0.1, -0.05) is 31.2 Å². The minimum absolute atomic E-state index is 0.337. The molecule has 0 amide bonds. The summed E-state index contributed by atoms with van der Waals surface area (Å²) in [5.74, 6) is 1.61. The Labute approximate surface area is 128 Å². The van der Waals surface area contributed by atoms with Gasteiger partial charge >= 0.3 is 0 Å². The Balaban J connectivity index is 2.72. The molecule has 0 fully saturated rings. The van der Waals surface area contributed by atoms with Crippen LogP contribution in [0.5, 0.6) is 11.5 Å². The minimum atomic E-state index is 0.337. The van der Waals surface area contributed by atoms with E-state index in [-0.39, 0.29) is 0 Å². The topological polar surface area (TPSA) is 56.5 Å². The number of hydrogen-bond acceptors (Lipinski definition) is 4. The van der Waals surface area contributed by atoms with Crippen molar-refractivity contribution < 1.29 is 9.47 Å². The molecule has 0 radical (unpaired) electrons. The maximum atomic E-state index is 5.55. The molecular formula is C17H28N2O2. The third kappa shape index (κ3) is 5.78. The van der Waals surface area contributed by atoms with Gasteiger partial charge in [-0.15, -0.1) is 0 Å². The second-order valence-corrected chi connectivity index (χ2v) is 4.92. The number of ether oxygens (including phenoxy) is 2. The number of para-hydroxylation sites is 1. The summed E-state index contributed by atoms with van der Waals surface area (Å²) in [7, 11) is 3.35. The van der Waals surface area contributed by atoms with Crippen molar-refractivity contribution in [2.24, 2.45) is 5.73 Å². The van der Waals surface area contributed by atoms with Crippen LogP contribution in [0.2, 0.25) is 0 Å². The van der Waals surface area contributed by atoms with Crippen molar-refractivity contribution in [3.63, 3.8) is 0 Å². The van der Waals surface area contributed by atoms with E-state index in [0.717, 1.165) is 37.3 Å². The molecule has 0 spiro atoms. The Morgan fingerprint density at radius 1 is 1.29 bits per heavy atom. The summed E-state index contributed by atoms with van der Waals surface area (Å²) < 4.78 is 10.8. The predicted molar refractivity (Wildman–Crippen MR) is 88.1 cm³/mol. The summed E-state index contributed by atoms with van der Waals surface area (Å²) in [6.45, 7) is 3.75. The van der Waals surface area contributed by atoms with E-state index in [0.29, 0.717) is 12.6 Å². The summed E-state index contributed by atoms with van der Waals surface area (Å²) in [4.78, 5) is 0. The number of hydrogen-bond donors (Lipinski definition) is 2. The lowest BCUT2D eigenvalue weighted by Gasteiger charge is -2.17. The summed E-state index contributed by atoms with van der Waals surface area (Å²) >= 11 is 0. The molecule has 1 unspecified atom stereocenters. The van der Waals surface area contributed by atoms with Crippen molar-refractivity contribution in [3.8, 4) is 11.5 Å². The van der Waals surface area contributed by atoms with Gasteiger partial charge in [0.2, 0.25) is 0 Å². The second kappa shape index (κ2) is 10.2. The van der Waals surface area contributed by atoms with Gasteiger partial charge in [0.05, 0.1) is 14.2 Å². The normalized spacial score (nSPS) is 12.6. The maximum absolute atomic E-state index is 5.55. The van der Waals surface area contributed by atoms with Gasteiger partial charge in [-0.25, -0.2) is 0 Å². The third-order valence-electron chi connectivity index (χ3n) is 3.37. The number of benzene rings is 1. The molecule has 1 atom stereocenters. The highest BCUT2D eigenvalue weighted by atomic mass is 16.5. The van der Waals surface area contributed by atoms with Crippen LogP contribution >= 0.6 is 0 Å². The number of rotatable bonds is 10. The van der Waals surface area contributed by atoms with Gasteiger partial charge in [-0.2, -0.15) is 0 Å². The van der Waals surface area contributed by atoms with Crippen molar-refractivity contribution in [1.82, 2.24) is 5.32 Å². The monoisotopic (exact) mass is 292 g/mol. The molecule has 1 rings (SSSR count). The molecule has 0 aliphatic heterocycles. The first-order valence-corrected chi connectivity index (χ1v) is 7.56. The largest absolute Gasteiger partial charge is 0.493 e. The van der Waals surface area contributed by atoms with Crippen LogP contribution in [0.25, 0.3) is 0 Å². The van der Waals surface area contributed by atoms with Crippen LogP contribution < -0.4 is 20.5 Å². The van der Waals surface area contributed by atoms with Crippen LogP contribution in [-0.2, 0) is 6.42 Å². The second-order valence-electron chi connectivity index (χ2n) is 4.92. The summed E-state index contributed by atoms with van der Waals surface area (Å²) in [5, 5.41) is 3.53. The first kappa shape index (κ1) is 17.5. The van der Waals surface area contributed by atoms with Crippen LogP contribution in [0.1, 0.15) is 25.3 Å². The van der Waals surface area contributed by atoms with Crippen molar-refractivity contribution in [2.45, 2.75) is 32.2 Å².